The molecule has 4 nitrogen and oxygen atoms in total. The molecule has 1 aromatic rings. The molecule has 1 aromatic carbocycles. The van der Waals surface area contributed by atoms with Crippen LogP contribution in [-0.4, -0.2) is 18.2 Å². The normalized spacial score (nSPS) is 9.21. The summed E-state index contributed by atoms with van der Waals surface area (Å²) in [6.45, 7) is 1.61. The van der Waals surface area contributed by atoms with E-state index >= 15 is 0 Å². The van der Waals surface area contributed by atoms with Crippen molar-refractivity contribution in [2.24, 2.45) is 0 Å². The number of nitrogens with zero attached hydrogens (tertiary/aromatic N) is 1. The van der Waals surface area contributed by atoms with E-state index in [2.05, 4.69) is 0 Å². The highest BCUT2D eigenvalue weighted by Crippen LogP contribution is 2.25. The molecule has 0 radical (unpaired) electrons. The summed E-state index contributed by atoms with van der Waals surface area (Å²) in [6.07, 6.45) is 0. The van der Waals surface area contributed by atoms with Crippen molar-refractivity contribution in [2.75, 3.05) is 7.11 Å². The molecule has 0 fully saturated rings. The van der Waals surface area contributed by atoms with Crippen molar-refractivity contribution in [3.63, 3.8) is 0 Å². The van der Waals surface area contributed by atoms with Gasteiger partial charge in [0.1, 0.15) is 11.8 Å². The van der Waals surface area contributed by atoms with Crippen LogP contribution in [0.15, 0.2) is 12.1 Å². The number of hydrogen-bond acceptors (Lipinski definition) is 3. The molecule has 0 aliphatic heterocycles. The van der Waals surface area contributed by atoms with Gasteiger partial charge in [0.2, 0.25) is 0 Å². The largest absolute Gasteiger partial charge is 0.495 e. The smallest absolute Gasteiger partial charge is 0.336 e. The first-order valence-electron chi connectivity index (χ1n) is 3.92. The molecule has 0 spiro atoms. The zero-order chi connectivity index (χ0) is 10.7. The Morgan fingerprint density at radius 1 is 1.57 bits per heavy atom. The van der Waals surface area contributed by atoms with E-state index in [9.17, 15) is 4.79 Å². The van der Waals surface area contributed by atoms with E-state index in [-0.39, 0.29) is 5.56 Å². The van der Waals surface area contributed by atoms with Gasteiger partial charge in [0, 0.05) is 5.56 Å². The molecule has 0 heterocycles. The van der Waals surface area contributed by atoms with E-state index in [1.54, 1.807) is 6.92 Å². The molecule has 0 atom stereocenters. The van der Waals surface area contributed by atoms with Crippen molar-refractivity contribution in [3.05, 3.63) is 28.8 Å². The third-order valence-corrected chi connectivity index (χ3v) is 1.96. The lowest BCUT2D eigenvalue weighted by atomic mass is 10.0. The molecule has 4 heteroatoms. The number of aromatic carboxylic acids is 1. The summed E-state index contributed by atoms with van der Waals surface area (Å²) >= 11 is 0. The van der Waals surface area contributed by atoms with E-state index in [4.69, 9.17) is 15.1 Å². The number of rotatable bonds is 2. The number of methoxy groups -OCH3 is 1. The number of nitriles is 1. The highest BCUT2D eigenvalue weighted by molar-refractivity contribution is 5.90. The number of carboxylic acids is 1. The lowest BCUT2D eigenvalue weighted by Gasteiger charge is -2.08. The Balaban J connectivity index is 3.44. The van der Waals surface area contributed by atoms with Gasteiger partial charge in [-0.05, 0) is 19.1 Å². The maximum Gasteiger partial charge on any atom is 0.336 e. The fourth-order valence-electron chi connectivity index (χ4n) is 1.27. The summed E-state index contributed by atoms with van der Waals surface area (Å²) in [7, 11) is 1.41. The highest BCUT2D eigenvalue weighted by atomic mass is 16.5. The van der Waals surface area contributed by atoms with Crippen molar-refractivity contribution >= 4 is 5.97 Å². The van der Waals surface area contributed by atoms with E-state index in [0.29, 0.717) is 16.9 Å². The standard InChI is InChI=1S/C10H9NO3/c1-6-8(10(12)13)4-3-7(5-11)9(6)14-2/h3-4H,1-2H3,(H,12,13). The number of carboxylic acid groups (broad SMARTS) is 1. The molecular weight excluding hydrogens is 182 g/mol. The van der Waals surface area contributed by atoms with Crippen LogP contribution >= 0.6 is 0 Å². The third-order valence-electron chi connectivity index (χ3n) is 1.96. The second-order valence-corrected chi connectivity index (χ2v) is 2.74. The molecule has 1 N–H and O–H groups in total. The van der Waals surface area contributed by atoms with Crippen molar-refractivity contribution < 1.29 is 14.6 Å². The first-order chi connectivity index (χ1) is 6.61. The van der Waals surface area contributed by atoms with E-state index in [1.165, 1.54) is 19.2 Å². The van der Waals surface area contributed by atoms with Crippen LogP contribution in [0.3, 0.4) is 0 Å². The van der Waals surface area contributed by atoms with Crippen molar-refractivity contribution in [3.8, 4) is 11.8 Å². The zero-order valence-corrected chi connectivity index (χ0v) is 7.87. The highest BCUT2D eigenvalue weighted by Gasteiger charge is 2.14. The number of hydrogen-bond donors (Lipinski definition) is 1. The molecule has 0 unspecified atom stereocenters. The monoisotopic (exact) mass is 191 g/mol. The molecule has 0 saturated heterocycles. The Kier molecular flexibility index (Phi) is 2.73. The minimum atomic E-state index is -1.02. The fourth-order valence-corrected chi connectivity index (χ4v) is 1.27. The minimum absolute atomic E-state index is 0.154. The molecular formula is C10H9NO3. The van der Waals surface area contributed by atoms with Crippen LogP contribution in [0.4, 0.5) is 0 Å². The molecule has 14 heavy (non-hydrogen) atoms. The number of carbonyl (C=O) groups is 1. The number of benzene rings is 1. The second-order valence-electron chi connectivity index (χ2n) is 2.74. The van der Waals surface area contributed by atoms with Gasteiger partial charge in [0.15, 0.2) is 0 Å². The minimum Gasteiger partial charge on any atom is -0.495 e. The van der Waals surface area contributed by atoms with Gasteiger partial charge in [-0.15, -0.1) is 0 Å². The molecule has 0 bridgehead atoms. The quantitative estimate of drug-likeness (QED) is 0.770. The number of ether oxygens (including phenoxy) is 1. The SMILES string of the molecule is COc1c(C#N)ccc(C(=O)O)c1C. The van der Waals surface area contributed by atoms with Gasteiger partial charge < -0.3 is 9.84 Å². The second kappa shape index (κ2) is 3.79. The predicted molar refractivity (Wildman–Crippen MR) is 49.4 cm³/mol. The maximum atomic E-state index is 10.8. The molecule has 72 valence electrons. The van der Waals surface area contributed by atoms with Gasteiger partial charge >= 0.3 is 5.97 Å². The summed E-state index contributed by atoms with van der Waals surface area (Å²) in [4.78, 5) is 10.8. The summed E-state index contributed by atoms with van der Waals surface area (Å²) in [5, 5.41) is 17.5. The van der Waals surface area contributed by atoms with Gasteiger partial charge in [-0.3, -0.25) is 0 Å². The average Bonchev–Trinajstić information content (AvgIpc) is 2.16. The van der Waals surface area contributed by atoms with Crippen LogP contribution in [0.1, 0.15) is 21.5 Å². The third kappa shape index (κ3) is 1.52. The van der Waals surface area contributed by atoms with Gasteiger partial charge in [-0.2, -0.15) is 5.26 Å². The summed E-state index contributed by atoms with van der Waals surface area (Å²) in [5.41, 5.74) is 0.968. The van der Waals surface area contributed by atoms with Crippen LogP contribution < -0.4 is 4.74 Å². The topological polar surface area (TPSA) is 70.3 Å². The lowest BCUT2D eigenvalue weighted by molar-refractivity contribution is 0.0695. The molecule has 0 aliphatic carbocycles. The van der Waals surface area contributed by atoms with Crippen LogP contribution in [0.25, 0.3) is 0 Å². The summed E-state index contributed by atoms with van der Waals surface area (Å²) < 4.78 is 4.97. The lowest BCUT2D eigenvalue weighted by Crippen LogP contribution is -2.02. The zero-order valence-electron chi connectivity index (χ0n) is 7.87. The molecule has 0 aromatic heterocycles. The van der Waals surface area contributed by atoms with Crippen LogP contribution in [0.2, 0.25) is 0 Å². The van der Waals surface area contributed by atoms with E-state index in [0.717, 1.165) is 0 Å². The van der Waals surface area contributed by atoms with Crippen LogP contribution in [-0.2, 0) is 0 Å². The first kappa shape index (κ1) is 10.1. The summed E-state index contributed by atoms with van der Waals surface area (Å²) in [6, 6.07) is 4.78. The summed E-state index contributed by atoms with van der Waals surface area (Å²) in [5.74, 6) is -0.697. The first-order valence-corrected chi connectivity index (χ1v) is 3.92. The van der Waals surface area contributed by atoms with Gasteiger partial charge in [-0.1, -0.05) is 0 Å². The Labute approximate surface area is 81.4 Å². The Bertz CT molecular complexity index is 418. The maximum absolute atomic E-state index is 10.8. The molecule has 0 aliphatic rings. The van der Waals surface area contributed by atoms with Gasteiger partial charge in [-0.25, -0.2) is 4.79 Å². The van der Waals surface area contributed by atoms with Gasteiger partial charge in [0.25, 0.3) is 0 Å². The predicted octanol–water partition coefficient (Wildman–Crippen LogP) is 1.57. The fraction of sp³-hybridized carbons (Fsp3) is 0.200. The van der Waals surface area contributed by atoms with Crippen molar-refractivity contribution in [1.29, 1.82) is 5.26 Å². The Morgan fingerprint density at radius 2 is 2.21 bits per heavy atom. The Hall–Kier alpha value is -2.02. The Morgan fingerprint density at radius 3 is 2.64 bits per heavy atom. The van der Waals surface area contributed by atoms with Gasteiger partial charge in [0.05, 0.1) is 18.2 Å². The van der Waals surface area contributed by atoms with E-state index in [1.807, 2.05) is 6.07 Å². The van der Waals surface area contributed by atoms with Crippen molar-refractivity contribution in [1.82, 2.24) is 0 Å². The molecule has 0 amide bonds. The van der Waals surface area contributed by atoms with E-state index < -0.39 is 5.97 Å². The average molecular weight is 191 g/mol. The van der Waals surface area contributed by atoms with Crippen LogP contribution in [0, 0.1) is 18.3 Å². The van der Waals surface area contributed by atoms with Crippen molar-refractivity contribution in [2.45, 2.75) is 6.92 Å². The molecule has 0 saturated carbocycles. The molecule has 1 rings (SSSR count). The van der Waals surface area contributed by atoms with Crippen LogP contribution in [0.5, 0.6) is 5.75 Å².